The molecule has 3 saturated heterocycles. The number of hydrogen-bond donors (Lipinski definition) is 2. The van der Waals surface area contributed by atoms with Crippen molar-refractivity contribution in [1.29, 1.82) is 0 Å². The highest BCUT2D eigenvalue weighted by atomic mass is 16.6. The van der Waals surface area contributed by atoms with Crippen LogP contribution in [0, 0.1) is 5.92 Å². The maximum absolute atomic E-state index is 13.1. The van der Waals surface area contributed by atoms with Gasteiger partial charge in [0.1, 0.15) is 11.9 Å². The van der Waals surface area contributed by atoms with Gasteiger partial charge in [-0.3, -0.25) is 19.9 Å². The van der Waals surface area contributed by atoms with Gasteiger partial charge in [-0.15, -0.1) is 0 Å². The van der Waals surface area contributed by atoms with Crippen LogP contribution in [0.4, 0.5) is 22.5 Å². The third kappa shape index (κ3) is 4.96. The van der Waals surface area contributed by atoms with E-state index in [1.54, 1.807) is 24.7 Å². The van der Waals surface area contributed by atoms with Gasteiger partial charge in [0.2, 0.25) is 11.9 Å². The predicted octanol–water partition coefficient (Wildman–Crippen LogP) is 2.52. The van der Waals surface area contributed by atoms with Gasteiger partial charge in [0.25, 0.3) is 0 Å². The lowest BCUT2D eigenvalue weighted by Gasteiger charge is -2.44. The molecular weight excluding hydrogens is 488 g/mol. The lowest BCUT2D eigenvalue weighted by molar-refractivity contribution is -0.143. The minimum Gasteiger partial charge on any atom is -0.481 e. The molecule has 2 aromatic heterocycles. The number of carbonyl (C=O) groups excluding carboxylic acids is 1. The number of hydrogen-bond acceptors (Lipinski definition) is 10. The predicted molar refractivity (Wildman–Crippen MR) is 138 cm³/mol. The van der Waals surface area contributed by atoms with Crippen LogP contribution in [-0.2, 0) is 9.53 Å². The second kappa shape index (κ2) is 10.7. The molecule has 12 nitrogen and oxygen atoms in total. The highest BCUT2D eigenvalue weighted by Gasteiger charge is 2.51. The summed E-state index contributed by atoms with van der Waals surface area (Å²) in [6.07, 6.45) is 10.8. The van der Waals surface area contributed by atoms with E-state index >= 15 is 0 Å². The number of carboxylic acids is 1. The summed E-state index contributed by atoms with van der Waals surface area (Å²) in [5.74, 6) is 0.772. The Bertz CT molecular complexity index is 1140. The molecule has 4 fully saturated rings. The minimum absolute atomic E-state index is 0.0933. The Kier molecular flexibility index (Phi) is 6.96. The lowest BCUT2D eigenvalue weighted by atomic mass is 9.84. The fourth-order valence-electron chi connectivity index (χ4n) is 6.60. The van der Waals surface area contributed by atoms with E-state index in [4.69, 9.17) is 4.74 Å². The molecule has 4 aliphatic rings. The molecule has 3 atom stereocenters. The van der Waals surface area contributed by atoms with Crippen molar-refractivity contribution >= 4 is 29.8 Å². The summed E-state index contributed by atoms with van der Waals surface area (Å²) in [7, 11) is 0. The molecule has 5 heterocycles. The van der Waals surface area contributed by atoms with Crippen molar-refractivity contribution in [1.82, 2.24) is 29.7 Å². The van der Waals surface area contributed by atoms with Crippen molar-refractivity contribution < 1.29 is 19.4 Å². The molecule has 0 radical (unpaired) electrons. The number of likely N-dealkylation sites (tertiary alicyclic amines) is 1. The summed E-state index contributed by atoms with van der Waals surface area (Å²) in [5, 5.41) is 12.4. The Morgan fingerprint density at radius 2 is 1.63 bits per heavy atom. The van der Waals surface area contributed by atoms with E-state index in [2.05, 4.69) is 35.1 Å². The maximum atomic E-state index is 13.1. The smallest absolute Gasteiger partial charge is 0.410 e. The van der Waals surface area contributed by atoms with Gasteiger partial charge in [-0.1, -0.05) is 0 Å². The number of rotatable bonds is 6. The zero-order chi connectivity index (χ0) is 26.1. The summed E-state index contributed by atoms with van der Waals surface area (Å²) in [4.78, 5) is 48.4. The first-order valence-corrected chi connectivity index (χ1v) is 13.6. The standard InChI is InChI=1S/C26H34N8O4/c35-23(36)17-6-13-32(14-7-17)19-3-1-4-20-22(19)38-26(37)34(20)18-8-15-33(16-9-18)21-5-12-29-25(30-21)31-24-27-10-2-11-28-24/h2,5,10-12,17-20,22H,1,3-4,6-9,13-16H2,(H,35,36)(H,27,28,29,30,31). The minimum atomic E-state index is -0.698. The lowest BCUT2D eigenvalue weighted by Crippen LogP contribution is -2.56. The summed E-state index contributed by atoms with van der Waals surface area (Å²) in [6, 6.07) is 4.07. The molecule has 1 saturated carbocycles. The van der Waals surface area contributed by atoms with Crippen molar-refractivity contribution in [2.24, 2.45) is 5.92 Å². The number of nitrogens with zero attached hydrogens (tertiary/aromatic N) is 7. The number of anilines is 3. The van der Waals surface area contributed by atoms with E-state index in [1.807, 2.05) is 11.0 Å². The number of ether oxygens (including phenoxy) is 1. The Balaban J connectivity index is 1.07. The van der Waals surface area contributed by atoms with E-state index < -0.39 is 5.97 Å². The van der Waals surface area contributed by atoms with E-state index in [-0.39, 0.29) is 36.2 Å². The van der Waals surface area contributed by atoms with Gasteiger partial charge < -0.3 is 14.7 Å². The average Bonchev–Trinajstić information content (AvgIpc) is 3.29. The van der Waals surface area contributed by atoms with Crippen molar-refractivity contribution in [3.05, 3.63) is 30.7 Å². The van der Waals surface area contributed by atoms with Crippen LogP contribution in [-0.4, -0.2) is 97.3 Å². The molecule has 0 spiro atoms. The van der Waals surface area contributed by atoms with Gasteiger partial charge in [-0.25, -0.2) is 19.7 Å². The third-order valence-electron chi connectivity index (χ3n) is 8.52. The Morgan fingerprint density at radius 1 is 0.921 bits per heavy atom. The van der Waals surface area contributed by atoms with Crippen LogP contribution >= 0.6 is 0 Å². The zero-order valence-electron chi connectivity index (χ0n) is 21.4. The van der Waals surface area contributed by atoms with Crippen LogP contribution in [0.1, 0.15) is 44.9 Å². The number of fused-ring (bicyclic) bond motifs is 1. The molecule has 3 aliphatic heterocycles. The molecule has 202 valence electrons. The van der Waals surface area contributed by atoms with Crippen molar-refractivity contribution in [2.45, 2.75) is 69.2 Å². The van der Waals surface area contributed by atoms with Crippen LogP contribution in [0.3, 0.4) is 0 Å². The van der Waals surface area contributed by atoms with Crippen LogP contribution in [0.5, 0.6) is 0 Å². The van der Waals surface area contributed by atoms with Crippen molar-refractivity contribution in [3.63, 3.8) is 0 Å². The molecule has 38 heavy (non-hydrogen) atoms. The molecular formula is C26H34N8O4. The van der Waals surface area contributed by atoms with Crippen LogP contribution in [0.2, 0.25) is 0 Å². The Hall–Kier alpha value is -3.54. The second-order valence-electron chi connectivity index (χ2n) is 10.6. The van der Waals surface area contributed by atoms with Crippen LogP contribution < -0.4 is 10.2 Å². The number of carbonyl (C=O) groups is 2. The largest absolute Gasteiger partial charge is 0.481 e. The van der Waals surface area contributed by atoms with Gasteiger partial charge in [0.15, 0.2) is 0 Å². The highest BCUT2D eigenvalue weighted by molar-refractivity contribution is 5.72. The summed E-state index contributed by atoms with van der Waals surface area (Å²) in [5.41, 5.74) is 0. The summed E-state index contributed by atoms with van der Waals surface area (Å²) in [6.45, 7) is 3.09. The Morgan fingerprint density at radius 3 is 2.37 bits per heavy atom. The van der Waals surface area contributed by atoms with E-state index in [1.165, 1.54) is 0 Å². The molecule has 6 rings (SSSR count). The maximum Gasteiger partial charge on any atom is 0.410 e. The fraction of sp³-hybridized carbons (Fsp3) is 0.615. The number of amides is 1. The van der Waals surface area contributed by atoms with Gasteiger partial charge >= 0.3 is 12.1 Å². The molecule has 2 N–H and O–H groups in total. The van der Waals surface area contributed by atoms with Crippen molar-refractivity contribution in [2.75, 3.05) is 36.4 Å². The highest BCUT2D eigenvalue weighted by Crippen LogP contribution is 2.39. The molecule has 12 heteroatoms. The fourth-order valence-corrected chi connectivity index (χ4v) is 6.60. The molecule has 2 aromatic rings. The summed E-state index contributed by atoms with van der Waals surface area (Å²) < 4.78 is 6.03. The molecule has 1 aliphatic carbocycles. The van der Waals surface area contributed by atoms with Gasteiger partial charge in [0, 0.05) is 43.8 Å². The summed E-state index contributed by atoms with van der Waals surface area (Å²) >= 11 is 0. The van der Waals surface area contributed by atoms with E-state index in [0.717, 1.165) is 64.1 Å². The van der Waals surface area contributed by atoms with Gasteiger partial charge in [0.05, 0.1) is 12.0 Å². The first-order valence-electron chi connectivity index (χ1n) is 13.6. The second-order valence-corrected chi connectivity index (χ2v) is 10.6. The van der Waals surface area contributed by atoms with Gasteiger partial charge in [-0.2, -0.15) is 4.98 Å². The zero-order valence-corrected chi connectivity index (χ0v) is 21.4. The molecule has 0 aromatic carbocycles. The number of aliphatic carboxylic acids is 1. The first-order chi connectivity index (χ1) is 18.6. The SMILES string of the molecule is O=C(O)C1CCN(C2CCCC3C2OC(=O)N3C2CCN(c3ccnc(Nc4ncccn4)n3)CC2)CC1. The first kappa shape index (κ1) is 24.8. The van der Waals surface area contributed by atoms with Crippen molar-refractivity contribution in [3.8, 4) is 0 Å². The Labute approximate surface area is 221 Å². The van der Waals surface area contributed by atoms with Crippen LogP contribution in [0.15, 0.2) is 30.7 Å². The number of piperidine rings is 2. The average molecular weight is 523 g/mol. The monoisotopic (exact) mass is 522 g/mol. The van der Waals surface area contributed by atoms with Crippen LogP contribution in [0.25, 0.3) is 0 Å². The number of carboxylic acid groups (broad SMARTS) is 1. The number of aromatic nitrogens is 4. The van der Waals surface area contributed by atoms with E-state index in [9.17, 15) is 14.7 Å². The normalized spacial score (nSPS) is 27.2. The van der Waals surface area contributed by atoms with Gasteiger partial charge in [-0.05, 0) is 70.2 Å². The third-order valence-corrected chi connectivity index (χ3v) is 8.52. The number of nitrogens with one attached hydrogen (secondary N) is 1. The molecule has 3 unspecified atom stereocenters. The van der Waals surface area contributed by atoms with E-state index in [0.29, 0.717) is 24.7 Å². The molecule has 1 amide bonds. The quantitative estimate of drug-likeness (QED) is 0.579. The topological polar surface area (TPSA) is 137 Å². The molecule has 0 bridgehead atoms.